The summed E-state index contributed by atoms with van der Waals surface area (Å²) in [7, 11) is 0. The summed E-state index contributed by atoms with van der Waals surface area (Å²) < 4.78 is 0. The Labute approximate surface area is 123 Å². The summed E-state index contributed by atoms with van der Waals surface area (Å²) in [6, 6.07) is 9.28. The van der Waals surface area contributed by atoms with Crippen LogP contribution in [0.15, 0.2) is 35.1 Å². The predicted molar refractivity (Wildman–Crippen MR) is 82.5 cm³/mol. The molecular weight excluding hydrogens is 274 g/mol. The molecule has 4 nitrogen and oxygen atoms in total. The van der Waals surface area contributed by atoms with Crippen LogP contribution in [0.1, 0.15) is 24.6 Å². The number of hydrogen-bond acceptors (Lipinski definition) is 3. The molecule has 0 atom stereocenters. The number of hydrogen-bond donors (Lipinski definition) is 2. The molecule has 0 unspecified atom stereocenters. The standard InChI is InChI=1S/C15H18ClN3O/c1-2-3-13-10-14(20)19-15(18-13)17-9-8-11-4-6-12(16)7-5-11/h4-7,10H,2-3,8-9H2,1H3,(H2,17,18,19,20). The maximum atomic E-state index is 11.5. The van der Waals surface area contributed by atoms with E-state index in [9.17, 15) is 4.79 Å². The molecule has 0 saturated carbocycles. The van der Waals surface area contributed by atoms with Gasteiger partial charge in [-0.1, -0.05) is 37.1 Å². The normalized spacial score (nSPS) is 10.5. The fraction of sp³-hybridized carbons (Fsp3) is 0.333. The number of aromatic amines is 1. The van der Waals surface area contributed by atoms with Crippen LogP contribution in [0.25, 0.3) is 0 Å². The highest BCUT2D eigenvalue weighted by Crippen LogP contribution is 2.10. The number of halogens is 1. The Bertz CT molecular complexity index is 607. The number of rotatable bonds is 6. The quantitative estimate of drug-likeness (QED) is 0.860. The molecule has 5 heteroatoms. The van der Waals surface area contributed by atoms with Crippen LogP contribution >= 0.6 is 11.6 Å². The number of aromatic nitrogens is 2. The third-order valence-corrected chi connectivity index (χ3v) is 3.17. The van der Waals surface area contributed by atoms with Crippen LogP contribution in [0.3, 0.4) is 0 Å². The SMILES string of the molecule is CCCc1cc(=O)[nH]c(NCCc2ccc(Cl)cc2)n1. The van der Waals surface area contributed by atoms with E-state index in [1.807, 2.05) is 24.3 Å². The summed E-state index contributed by atoms with van der Waals surface area (Å²) in [6.45, 7) is 2.77. The number of H-pyrrole nitrogens is 1. The Hall–Kier alpha value is -1.81. The first-order valence-electron chi connectivity index (χ1n) is 6.76. The number of benzene rings is 1. The van der Waals surface area contributed by atoms with E-state index >= 15 is 0 Å². The van der Waals surface area contributed by atoms with E-state index in [1.165, 1.54) is 5.56 Å². The van der Waals surface area contributed by atoms with Crippen molar-refractivity contribution in [1.29, 1.82) is 0 Å². The number of anilines is 1. The van der Waals surface area contributed by atoms with E-state index in [-0.39, 0.29) is 5.56 Å². The number of nitrogens with zero attached hydrogens (tertiary/aromatic N) is 1. The molecule has 0 aliphatic carbocycles. The molecule has 0 bridgehead atoms. The van der Waals surface area contributed by atoms with E-state index in [1.54, 1.807) is 6.07 Å². The van der Waals surface area contributed by atoms with Crippen molar-refractivity contribution in [3.63, 3.8) is 0 Å². The molecule has 1 heterocycles. The first-order valence-corrected chi connectivity index (χ1v) is 7.13. The van der Waals surface area contributed by atoms with Gasteiger partial charge in [0.2, 0.25) is 5.95 Å². The molecule has 2 N–H and O–H groups in total. The van der Waals surface area contributed by atoms with Gasteiger partial charge in [0.25, 0.3) is 5.56 Å². The van der Waals surface area contributed by atoms with Crippen molar-refractivity contribution in [2.24, 2.45) is 0 Å². The Morgan fingerprint density at radius 3 is 2.70 bits per heavy atom. The van der Waals surface area contributed by atoms with Crippen molar-refractivity contribution in [3.8, 4) is 0 Å². The maximum absolute atomic E-state index is 11.5. The zero-order valence-corrected chi connectivity index (χ0v) is 12.2. The van der Waals surface area contributed by atoms with Crippen LogP contribution in [-0.2, 0) is 12.8 Å². The van der Waals surface area contributed by atoms with Gasteiger partial charge in [0.1, 0.15) is 0 Å². The van der Waals surface area contributed by atoms with Crippen molar-refractivity contribution in [2.45, 2.75) is 26.2 Å². The minimum atomic E-state index is -0.113. The molecule has 0 amide bonds. The van der Waals surface area contributed by atoms with E-state index < -0.39 is 0 Å². The monoisotopic (exact) mass is 291 g/mol. The van der Waals surface area contributed by atoms with E-state index in [2.05, 4.69) is 22.2 Å². The maximum Gasteiger partial charge on any atom is 0.252 e. The molecule has 0 fully saturated rings. The lowest BCUT2D eigenvalue weighted by Gasteiger charge is -2.07. The van der Waals surface area contributed by atoms with Gasteiger partial charge >= 0.3 is 0 Å². The lowest BCUT2D eigenvalue weighted by Crippen LogP contribution is -2.15. The van der Waals surface area contributed by atoms with Crippen LogP contribution in [-0.4, -0.2) is 16.5 Å². The van der Waals surface area contributed by atoms with E-state index in [4.69, 9.17) is 11.6 Å². The van der Waals surface area contributed by atoms with Crippen molar-refractivity contribution >= 4 is 17.5 Å². The van der Waals surface area contributed by atoms with Crippen LogP contribution in [0.5, 0.6) is 0 Å². The average Bonchev–Trinajstić information content (AvgIpc) is 2.41. The van der Waals surface area contributed by atoms with Gasteiger partial charge in [-0.2, -0.15) is 0 Å². The smallest absolute Gasteiger partial charge is 0.252 e. The second-order valence-corrected chi connectivity index (χ2v) is 5.08. The molecule has 2 rings (SSSR count). The zero-order valence-electron chi connectivity index (χ0n) is 11.4. The fourth-order valence-corrected chi connectivity index (χ4v) is 2.08. The molecular formula is C15H18ClN3O. The molecule has 1 aromatic carbocycles. The fourth-order valence-electron chi connectivity index (χ4n) is 1.95. The Kier molecular flexibility index (Phi) is 5.18. The van der Waals surface area contributed by atoms with Crippen LogP contribution in [0, 0.1) is 0 Å². The molecule has 1 aromatic heterocycles. The summed E-state index contributed by atoms with van der Waals surface area (Å²) in [5.74, 6) is 0.537. The summed E-state index contributed by atoms with van der Waals surface area (Å²) >= 11 is 5.84. The van der Waals surface area contributed by atoms with Gasteiger partial charge in [0.05, 0.1) is 0 Å². The van der Waals surface area contributed by atoms with Crippen molar-refractivity contribution in [2.75, 3.05) is 11.9 Å². The number of nitrogens with one attached hydrogen (secondary N) is 2. The molecule has 106 valence electrons. The molecule has 2 aromatic rings. The second kappa shape index (κ2) is 7.10. The number of aryl methyl sites for hydroxylation is 1. The highest BCUT2D eigenvalue weighted by molar-refractivity contribution is 6.30. The zero-order chi connectivity index (χ0) is 14.4. The van der Waals surface area contributed by atoms with E-state index in [0.29, 0.717) is 12.5 Å². The van der Waals surface area contributed by atoms with Gasteiger partial charge in [0.15, 0.2) is 0 Å². The van der Waals surface area contributed by atoms with Gasteiger partial charge in [-0.3, -0.25) is 9.78 Å². The molecule has 0 aliphatic rings. The van der Waals surface area contributed by atoms with Gasteiger partial charge in [-0.15, -0.1) is 0 Å². The van der Waals surface area contributed by atoms with Crippen LogP contribution in [0.4, 0.5) is 5.95 Å². The van der Waals surface area contributed by atoms with Gasteiger partial charge in [-0.05, 0) is 30.5 Å². The molecule has 0 aliphatic heterocycles. The summed E-state index contributed by atoms with van der Waals surface area (Å²) in [5.41, 5.74) is 1.90. The molecule has 20 heavy (non-hydrogen) atoms. The predicted octanol–water partition coefficient (Wildman–Crippen LogP) is 3.03. The lowest BCUT2D eigenvalue weighted by molar-refractivity contribution is 0.862. The third-order valence-electron chi connectivity index (χ3n) is 2.92. The molecule has 0 saturated heterocycles. The Balaban J connectivity index is 1.93. The highest BCUT2D eigenvalue weighted by atomic mass is 35.5. The summed E-state index contributed by atoms with van der Waals surface area (Å²) in [6.07, 6.45) is 2.63. The van der Waals surface area contributed by atoms with Gasteiger partial charge < -0.3 is 5.32 Å². The first kappa shape index (κ1) is 14.6. The van der Waals surface area contributed by atoms with Crippen LogP contribution in [0.2, 0.25) is 5.02 Å². The summed E-state index contributed by atoms with van der Waals surface area (Å²) in [5, 5.41) is 3.88. The van der Waals surface area contributed by atoms with Gasteiger partial charge in [-0.25, -0.2) is 4.98 Å². The van der Waals surface area contributed by atoms with Gasteiger partial charge in [0, 0.05) is 23.3 Å². The third kappa shape index (κ3) is 4.38. The van der Waals surface area contributed by atoms with Crippen LogP contribution < -0.4 is 10.9 Å². The second-order valence-electron chi connectivity index (χ2n) is 4.64. The Morgan fingerprint density at radius 1 is 1.25 bits per heavy atom. The average molecular weight is 292 g/mol. The van der Waals surface area contributed by atoms with Crippen molar-refractivity contribution < 1.29 is 0 Å². The topological polar surface area (TPSA) is 57.8 Å². The van der Waals surface area contributed by atoms with Crippen molar-refractivity contribution in [3.05, 3.63) is 57.0 Å². The summed E-state index contributed by atoms with van der Waals surface area (Å²) in [4.78, 5) is 18.6. The minimum Gasteiger partial charge on any atom is -0.355 e. The first-order chi connectivity index (χ1) is 9.67. The molecule has 0 radical (unpaired) electrons. The molecule has 0 spiro atoms. The van der Waals surface area contributed by atoms with Crippen molar-refractivity contribution in [1.82, 2.24) is 9.97 Å². The minimum absolute atomic E-state index is 0.113. The Morgan fingerprint density at radius 2 is 2.00 bits per heavy atom. The largest absolute Gasteiger partial charge is 0.355 e. The highest BCUT2D eigenvalue weighted by Gasteiger charge is 2.00. The van der Waals surface area contributed by atoms with E-state index in [0.717, 1.165) is 30.0 Å². The lowest BCUT2D eigenvalue weighted by atomic mass is 10.1.